The number of hydrogen-bond donors (Lipinski definition) is 1. The molecule has 1 N–H and O–H groups in total. The molecule has 88 valence electrons. The molecule has 1 aliphatic rings. The quantitative estimate of drug-likeness (QED) is 0.822. The Morgan fingerprint density at radius 1 is 1.31 bits per heavy atom. The van der Waals surface area contributed by atoms with Crippen molar-refractivity contribution in [2.75, 3.05) is 11.9 Å². The first kappa shape index (κ1) is 11.6. The third-order valence-corrected chi connectivity index (χ3v) is 3.30. The molecular formula is C12H18ClN3. The fourth-order valence-corrected chi connectivity index (χ4v) is 2.49. The number of halogens is 1. The minimum atomic E-state index is 0.513. The zero-order valence-corrected chi connectivity index (χ0v) is 10.4. The Morgan fingerprint density at radius 3 is 2.75 bits per heavy atom. The fraction of sp³-hybridized carbons (Fsp3) is 0.667. The third-order valence-electron chi connectivity index (χ3n) is 3.10. The van der Waals surface area contributed by atoms with Gasteiger partial charge in [0.15, 0.2) is 0 Å². The van der Waals surface area contributed by atoms with Gasteiger partial charge in [-0.05, 0) is 25.7 Å². The van der Waals surface area contributed by atoms with Gasteiger partial charge < -0.3 is 5.32 Å². The van der Waals surface area contributed by atoms with Gasteiger partial charge in [-0.3, -0.25) is 0 Å². The molecule has 0 aromatic carbocycles. The molecule has 1 fully saturated rings. The predicted molar refractivity (Wildman–Crippen MR) is 66.8 cm³/mol. The minimum absolute atomic E-state index is 0.513. The van der Waals surface area contributed by atoms with Crippen LogP contribution in [0, 0.1) is 12.8 Å². The molecule has 1 heterocycles. The zero-order chi connectivity index (χ0) is 11.4. The van der Waals surface area contributed by atoms with Crippen molar-refractivity contribution < 1.29 is 0 Å². The van der Waals surface area contributed by atoms with Crippen LogP contribution in [0.1, 0.15) is 37.9 Å². The molecule has 3 nitrogen and oxygen atoms in total. The van der Waals surface area contributed by atoms with Gasteiger partial charge in [0, 0.05) is 12.6 Å². The van der Waals surface area contributed by atoms with Crippen molar-refractivity contribution >= 4 is 17.4 Å². The van der Waals surface area contributed by atoms with E-state index < -0.39 is 0 Å². The monoisotopic (exact) mass is 239 g/mol. The average molecular weight is 240 g/mol. The molecule has 0 spiro atoms. The molecule has 1 aliphatic carbocycles. The Balaban J connectivity index is 1.88. The maximum absolute atomic E-state index is 5.88. The highest BCUT2D eigenvalue weighted by Crippen LogP contribution is 2.23. The van der Waals surface area contributed by atoms with Crippen molar-refractivity contribution in [1.29, 1.82) is 0 Å². The van der Waals surface area contributed by atoms with Gasteiger partial charge in [0.25, 0.3) is 0 Å². The Hall–Kier alpha value is -0.830. The van der Waals surface area contributed by atoms with Crippen molar-refractivity contribution in [3.8, 4) is 0 Å². The highest BCUT2D eigenvalue weighted by atomic mass is 35.5. The van der Waals surface area contributed by atoms with Crippen molar-refractivity contribution in [3.05, 3.63) is 17.0 Å². The summed E-state index contributed by atoms with van der Waals surface area (Å²) in [5, 5.41) is 3.87. The number of hydrogen-bond acceptors (Lipinski definition) is 3. The average Bonchev–Trinajstić information content (AvgIpc) is 2.27. The van der Waals surface area contributed by atoms with Gasteiger partial charge in [-0.25, -0.2) is 9.97 Å². The van der Waals surface area contributed by atoms with Crippen molar-refractivity contribution in [2.45, 2.75) is 39.0 Å². The zero-order valence-electron chi connectivity index (χ0n) is 9.67. The molecule has 0 atom stereocenters. The fourth-order valence-electron chi connectivity index (χ4n) is 2.26. The first-order valence-corrected chi connectivity index (χ1v) is 6.37. The standard InChI is InChI=1S/C12H18ClN3/c1-9-15-11(13)7-12(16-9)14-8-10-5-3-2-4-6-10/h7,10H,2-6,8H2,1H3,(H,14,15,16). The lowest BCUT2D eigenvalue weighted by atomic mass is 9.89. The van der Waals surface area contributed by atoms with E-state index in [9.17, 15) is 0 Å². The lowest BCUT2D eigenvalue weighted by Gasteiger charge is -2.22. The molecule has 1 saturated carbocycles. The predicted octanol–water partition coefficient (Wildman–Crippen LogP) is 3.43. The van der Waals surface area contributed by atoms with E-state index in [-0.39, 0.29) is 0 Å². The molecule has 0 unspecified atom stereocenters. The maximum atomic E-state index is 5.88. The van der Waals surface area contributed by atoms with Gasteiger partial charge in [-0.1, -0.05) is 30.9 Å². The first-order valence-electron chi connectivity index (χ1n) is 5.99. The van der Waals surface area contributed by atoms with Crippen LogP contribution < -0.4 is 5.32 Å². The van der Waals surface area contributed by atoms with Crippen molar-refractivity contribution in [3.63, 3.8) is 0 Å². The summed E-state index contributed by atoms with van der Waals surface area (Å²) in [7, 11) is 0. The molecule has 4 heteroatoms. The van der Waals surface area contributed by atoms with Crippen LogP contribution in [0.2, 0.25) is 5.15 Å². The third kappa shape index (κ3) is 3.34. The Morgan fingerprint density at radius 2 is 2.06 bits per heavy atom. The summed E-state index contributed by atoms with van der Waals surface area (Å²) in [6.07, 6.45) is 6.82. The SMILES string of the molecule is Cc1nc(Cl)cc(NCC2CCCCC2)n1. The molecule has 0 bridgehead atoms. The lowest BCUT2D eigenvalue weighted by Crippen LogP contribution is -2.17. The second kappa shape index (κ2) is 5.48. The largest absolute Gasteiger partial charge is 0.370 e. The molecule has 0 amide bonds. The van der Waals surface area contributed by atoms with Crippen LogP contribution in [-0.4, -0.2) is 16.5 Å². The van der Waals surface area contributed by atoms with E-state index in [0.717, 1.165) is 24.1 Å². The molecule has 1 aromatic rings. The van der Waals surface area contributed by atoms with Crippen LogP contribution in [-0.2, 0) is 0 Å². The second-order valence-electron chi connectivity index (χ2n) is 4.51. The summed E-state index contributed by atoms with van der Waals surface area (Å²) in [5.74, 6) is 2.37. The highest BCUT2D eigenvalue weighted by Gasteiger charge is 2.13. The lowest BCUT2D eigenvalue weighted by molar-refractivity contribution is 0.373. The van der Waals surface area contributed by atoms with Gasteiger partial charge in [0.1, 0.15) is 16.8 Å². The van der Waals surface area contributed by atoms with E-state index in [4.69, 9.17) is 11.6 Å². The number of nitrogens with one attached hydrogen (secondary N) is 1. The van der Waals surface area contributed by atoms with E-state index in [1.165, 1.54) is 32.1 Å². The van der Waals surface area contributed by atoms with E-state index in [2.05, 4.69) is 15.3 Å². The molecule has 2 rings (SSSR count). The summed E-state index contributed by atoms with van der Waals surface area (Å²) >= 11 is 5.88. The summed E-state index contributed by atoms with van der Waals surface area (Å²) in [6, 6.07) is 1.79. The summed E-state index contributed by atoms with van der Waals surface area (Å²) in [5.41, 5.74) is 0. The summed E-state index contributed by atoms with van der Waals surface area (Å²) in [4.78, 5) is 8.36. The minimum Gasteiger partial charge on any atom is -0.370 e. The van der Waals surface area contributed by atoms with E-state index >= 15 is 0 Å². The molecule has 0 radical (unpaired) electrons. The molecule has 16 heavy (non-hydrogen) atoms. The summed E-state index contributed by atoms with van der Waals surface area (Å²) < 4.78 is 0. The summed E-state index contributed by atoms with van der Waals surface area (Å²) in [6.45, 7) is 2.87. The molecular weight excluding hydrogens is 222 g/mol. The van der Waals surface area contributed by atoms with Crippen molar-refractivity contribution in [2.24, 2.45) is 5.92 Å². The first-order chi connectivity index (χ1) is 7.74. The topological polar surface area (TPSA) is 37.8 Å². The van der Waals surface area contributed by atoms with Crippen LogP contribution in [0.15, 0.2) is 6.07 Å². The molecule has 1 aromatic heterocycles. The smallest absolute Gasteiger partial charge is 0.134 e. The van der Waals surface area contributed by atoms with Gasteiger partial charge in [0.2, 0.25) is 0 Å². The number of nitrogens with zero attached hydrogens (tertiary/aromatic N) is 2. The van der Waals surface area contributed by atoms with E-state index in [1.807, 2.05) is 6.92 Å². The van der Waals surface area contributed by atoms with Crippen LogP contribution in [0.3, 0.4) is 0 Å². The van der Waals surface area contributed by atoms with Crippen molar-refractivity contribution in [1.82, 2.24) is 9.97 Å². The Kier molecular flexibility index (Phi) is 3.99. The Labute approximate surface area is 102 Å². The van der Waals surface area contributed by atoms with E-state index in [0.29, 0.717) is 5.15 Å². The van der Waals surface area contributed by atoms with Crippen LogP contribution in [0.4, 0.5) is 5.82 Å². The number of rotatable bonds is 3. The van der Waals surface area contributed by atoms with Crippen LogP contribution in [0.5, 0.6) is 0 Å². The van der Waals surface area contributed by atoms with E-state index in [1.54, 1.807) is 6.07 Å². The van der Waals surface area contributed by atoms with Crippen LogP contribution in [0.25, 0.3) is 0 Å². The second-order valence-corrected chi connectivity index (χ2v) is 4.90. The number of aromatic nitrogens is 2. The van der Waals surface area contributed by atoms with Gasteiger partial charge in [0.05, 0.1) is 0 Å². The molecule has 0 aliphatic heterocycles. The number of anilines is 1. The maximum Gasteiger partial charge on any atom is 0.134 e. The Bertz CT molecular complexity index is 328. The van der Waals surface area contributed by atoms with Gasteiger partial charge >= 0.3 is 0 Å². The van der Waals surface area contributed by atoms with Gasteiger partial charge in [-0.2, -0.15) is 0 Å². The van der Waals surface area contributed by atoms with Gasteiger partial charge in [-0.15, -0.1) is 0 Å². The normalized spacial score (nSPS) is 17.4. The number of aryl methyl sites for hydroxylation is 1. The highest BCUT2D eigenvalue weighted by molar-refractivity contribution is 6.29. The van der Waals surface area contributed by atoms with Crippen LogP contribution >= 0.6 is 11.6 Å². The molecule has 0 saturated heterocycles.